The highest BCUT2D eigenvalue weighted by atomic mass is 16.7. The molecule has 0 bridgehead atoms. The molecule has 0 saturated carbocycles. The third-order valence-electron chi connectivity index (χ3n) is 4.58. The van der Waals surface area contributed by atoms with Crippen LogP contribution in [0.25, 0.3) is 0 Å². The largest absolute Gasteiger partial charge is 0.393 e. The molecule has 0 unspecified atom stereocenters. The molecular weight excluding hydrogens is 316 g/mol. The van der Waals surface area contributed by atoms with Gasteiger partial charge >= 0.3 is 0 Å². The zero-order chi connectivity index (χ0) is 18.3. The minimum absolute atomic E-state index is 0.0579. The molecule has 4 heteroatoms. The minimum atomic E-state index is -0.676. The molecule has 0 radical (unpaired) electrons. The minimum Gasteiger partial charge on any atom is -0.393 e. The fourth-order valence-corrected chi connectivity index (χ4v) is 3.49. The van der Waals surface area contributed by atoms with Gasteiger partial charge in [0.05, 0.1) is 24.4 Å². The van der Waals surface area contributed by atoms with E-state index in [1.807, 2.05) is 19.9 Å². The van der Waals surface area contributed by atoms with Gasteiger partial charge in [-0.2, -0.15) is 0 Å². The van der Waals surface area contributed by atoms with Crippen LogP contribution in [-0.2, 0) is 15.9 Å². The Kier molecular flexibility index (Phi) is 7.63. The third-order valence-corrected chi connectivity index (χ3v) is 4.58. The van der Waals surface area contributed by atoms with Crippen LogP contribution in [0.5, 0.6) is 0 Å². The first kappa shape index (κ1) is 20.1. The van der Waals surface area contributed by atoms with E-state index in [1.54, 1.807) is 0 Å². The van der Waals surface area contributed by atoms with Crippen molar-refractivity contribution >= 4 is 0 Å². The van der Waals surface area contributed by atoms with Crippen LogP contribution < -0.4 is 0 Å². The maximum Gasteiger partial charge on any atom is 0.163 e. The number of aryl methyl sites for hydroxylation is 1. The summed E-state index contributed by atoms with van der Waals surface area (Å²) in [7, 11) is 0. The maximum atomic E-state index is 10.2. The predicted octanol–water partition coefficient (Wildman–Crippen LogP) is 3.61. The van der Waals surface area contributed by atoms with E-state index in [1.165, 1.54) is 11.6 Å². The summed E-state index contributed by atoms with van der Waals surface area (Å²) in [5.74, 6) is -0.642. The van der Waals surface area contributed by atoms with Gasteiger partial charge in [0, 0.05) is 12.8 Å². The van der Waals surface area contributed by atoms with Crippen molar-refractivity contribution in [2.75, 3.05) is 0 Å². The molecule has 0 aromatic heterocycles. The summed E-state index contributed by atoms with van der Waals surface area (Å²) in [5.41, 5.74) is 1.35. The van der Waals surface area contributed by atoms with Crippen molar-refractivity contribution in [2.24, 2.45) is 0 Å². The maximum absolute atomic E-state index is 10.2. The number of aliphatic hydroxyl groups excluding tert-OH is 2. The molecule has 2 rings (SSSR count). The number of aliphatic hydroxyl groups is 2. The van der Waals surface area contributed by atoms with Crippen molar-refractivity contribution in [1.82, 2.24) is 0 Å². The molecule has 25 heavy (non-hydrogen) atoms. The molecule has 0 aliphatic carbocycles. The number of rotatable bonds is 9. The average molecular weight is 348 g/mol. The Morgan fingerprint density at radius 1 is 1.20 bits per heavy atom. The fourth-order valence-electron chi connectivity index (χ4n) is 3.49. The Hall–Kier alpha value is -1.20. The Morgan fingerprint density at radius 3 is 2.56 bits per heavy atom. The van der Waals surface area contributed by atoms with Crippen LogP contribution in [0.15, 0.2) is 43.0 Å². The van der Waals surface area contributed by atoms with E-state index >= 15 is 0 Å². The molecule has 1 saturated heterocycles. The summed E-state index contributed by atoms with van der Waals surface area (Å²) < 4.78 is 12.0. The van der Waals surface area contributed by atoms with E-state index in [2.05, 4.69) is 30.8 Å². The summed E-state index contributed by atoms with van der Waals surface area (Å²) >= 11 is 0. The van der Waals surface area contributed by atoms with Gasteiger partial charge in [0.15, 0.2) is 5.79 Å². The Bertz CT molecular complexity index is 514. The van der Waals surface area contributed by atoms with Crippen molar-refractivity contribution in [1.29, 1.82) is 0 Å². The van der Waals surface area contributed by atoms with Crippen LogP contribution in [0.3, 0.4) is 0 Å². The van der Waals surface area contributed by atoms with E-state index in [-0.39, 0.29) is 12.2 Å². The first-order valence-electron chi connectivity index (χ1n) is 9.26. The highest BCUT2D eigenvalue weighted by molar-refractivity contribution is 5.14. The van der Waals surface area contributed by atoms with Crippen LogP contribution in [0.1, 0.15) is 51.5 Å². The van der Waals surface area contributed by atoms with Crippen LogP contribution >= 0.6 is 0 Å². The average Bonchev–Trinajstić information content (AvgIpc) is 2.54. The molecule has 1 aliphatic rings. The molecule has 1 aliphatic heterocycles. The predicted molar refractivity (Wildman–Crippen MR) is 99.3 cm³/mol. The monoisotopic (exact) mass is 348 g/mol. The van der Waals surface area contributed by atoms with Gasteiger partial charge in [-0.1, -0.05) is 36.4 Å². The van der Waals surface area contributed by atoms with Gasteiger partial charge in [-0.25, -0.2) is 0 Å². The van der Waals surface area contributed by atoms with E-state index in [4.69, 9.17) is 9.47 Å². The van der Waals surface area contributed by atoms with E-state index in [0.717, 1.165) is 25.7 Å². The van der Waals surface area contributed by atoms with Crippen molar-refractivity contribution in [2.45, 2.75) is 82.6 Å². The second kappa shape index (κ2) is 9.48. The Balaban J connectivity index is 1.81. The number of hydrogen-bond donors (Lipinski definition) is 2. The summed E-state index contributed by atoms with van der Waals surface area (Å²) in [5, 5.41) is 19.7. The first-order chi connectivity index (χ1) is 11.9. The molecule has 4 atom stereocenters. The van der Waals surface area contributed by atoms with Crippen LogP contribution in [0.2, 0.25) is 0 Å². The summed E-state index contributed by atoms with van der Waals surface area (Å²) in [6.45, 7) is 7.39. The van der Waals surface area contributed by atoms with Gasteiger partial charge in [0.1, 0.15) is 0 Å². The lowest BCUT2D eigenvalue weighted by Gasteiger charge is -2.41. The van der Waals surface area contributed by atoms with Gasteiger partial charge in [0.2, 0.25) is 0 Å². The SMILES string of the molecule is C=C[C@@H](O)C[C@H](O)C[C@H]1C[C@@H](CCCc2ccccc2)OC(C)(C)O1. The van der Waals surface area contributed by atoms with Gasteiger partial charge in [0.25, 0.3) is 0 Å². The van der Waals surface area contributed by atoms with E-state index < -0.39 is 18.0 Å². The molecule has 0 amide bonds. The summed E-state index contributed by atoms with van der Waals surface area (Å²) in [6.07, 6.45) is 4.91. The number of benzene rings is 1. The fraction of sp³-hybridized carbons (Fsp3) is 0.619. The number of ether oxygens (including phenoxy) is 2. The topological polar surface area (TPSA) is 58.9 Å². The Labute approximate surface area is 151 Å². The molecular formula is C21H32O4. The Morgan fingerprint density at radius 2 is 1.88 bits per heavy atom. The second-order valence-electron chi connectivity index (χ2n) is 7.42. The van der Waals surface area contributed by atoms with Gasteiger partial charge < -0.3 is 19.7 Å². The lowest BCUT2D eigenvalue weighted by atomic mass is 9.96. The van der Waals surface area contributed by atoms with E-state index in [9.17, 15) is 10.2 Å². The third kappa shape index (κ3) is 7.28. The smallest absolute Gasteiger partial charge is 0.163 e. The van der Waals surface area contributed by atoms with Crippen LogP contribution in [0.4, 0.5) is 0 Å². The van der Waals surface area contributed by atoms with Crippen molar-refractivity contribution in [3.63, 3.8) is 0 Å². The van der Waals surface area contributed by atoms with Crippen LogP contribution in [0, 0.1) is 0 Å². The van der Waals surface area contributed by atoms with Crippen molar-refractivity contribution in [3.05, 3.63) is 48.6 Å². The highest BCUT2D eigenvalue weighted by Crippen LogP contribution is 2.31. The van der Waals surface area contributed by atoms with Crippen molar-refractivity contribution < 1.29 is 19.7 Å². The van der Waals surface area contributed by atoms with Gasteiger partial charge in [-0.3, -0.25) is 0 Å². The van der Waals surface area contributed by atoms with Gasteiger partial charge in [-0.15, -0.1) is 6.58 Å². The molecule has 2 N–H and O–H groups in total. The zero-order valence-corrected chi connectivity index (χ0v) is 15.4. The molecule has 0 spiro atoms. The zero-order valence-electron chi connectivity index (χ0n) is 15.4. The standard InChI is InChI=1S/C21H32O4/c1-4-17(22)13-18(23)14-20-15-19(24-21(2,3)25-20)12-8-11-16-9-6-5-7-10-16/h4-7,9-10,17-20,22-23H,1,8,11-15H2,2-3H3/t17-,18+,19-,20+/m1/s1. The second-order valence-corrected chi connectivity index (χ2v) is 7.42. The van der Waals surface area contributed by atoms with Crippen LogP contribution in [-0.4, -0.2) is 40.4 Å². The summed E-state index contributed by atoms with van der Waals surface area (Å²) in [4.78, 5) is 0. The molecule has 1 aromatic rings. The number of hydrogen-bond acceptors (Lipinski definition) is 4. The lowest BCUT2D eigenvalue weighted by Crippen LogP contribution is -2.45. The summed E-state index contributed by atoms with van der Waals surface area (Å²) in [6, 6.07) is 10.5. The normalized spacial score (nSPS) is 25.3. The molecule has 140 valence electrons. The highest BCUT2D eigenvalue weighted by Gasteiger charge is 2.36. The quantitative estimate of drug-likeness (QED) is 0.669. The van der Waals surface area contributed by atoms with Gasteiger partial charge in [-0.05, 0) is 45.1 Å². The lowest BCUT2D eigenvalue weighted by molar-refractivity contribution is -0.303. The van der Waals surface area contributed by atoms with E-state index in [0.29, 0.717) is 12.8 Å². The first-order valence-corrected chi connectivity index (χ1v) is 9.26. The molecule has 1 heterocycles. The molecule has 1 fully saturated rings. The van der Waals surface area contributed by atoms with Crippen molar-refractivity contribution in [3.8, 4) is 0 Å². The molecule has 4 nitrogen and oxygen atoms in total. The molecule has 1 aromatic carbocycles.